The fraction of sp³-hybridized carbons (Fsp3) is 0.200. The number of aromatic nitrogens is 1. The van der Waals surface area contributed by atoms with Gasteiger partial charge >= 0.3 is 6.36 Å². The van der Waals surface area contributed by atoms with Crippen LogP contribution in [0.25, 0.3) is 0 Å². The number of pyridine rings is 1. The zero-order valence-electron chi connectivity index (χ0n) is 14.9. The maximum atomic E-state index is 12.9. The van der Waals surface area contributed by atoms with Crippen molar-refractivity contribution in [1.29, 1.82) is 0 Å². The van der Waals surface area contributed by atoms with E-state index in [1.54, 1.807) is 35.8 Å². The molecule has 2 aromatic heterocycles. The normalized spacial score (nSPS) is 18.4. The molecule has 0 spiro atoms. The second-order valence-electron chi connectivity index (χ2n) is 6.36. The Morgan fingerprint density at radius 1 is 1.17 bits per heavy atom. The number of carbonyl (C=O) groups excluding carboxylic acids is 1. The number of amides is 1. The van der Waals surface area contributed by atoms with Crippen LogP contribution in [0.2, 0.25) is 0 Å². The van der Waals surface area contributed by atoms with E-state index in [4.69, 9.17) is 4.74 Å². The predicted octanol–water partition coefficient (Wildman–Crippen LogP) is 4.50. The molecule has 29 heavy (non-hydrogen) atoms. The average molecular weight is 420 g/mol. The second kappa shape index (κ2) is 7.40. The summed E-state index contributed by atoms with van der Waals surface area (Å²) >= 11 is 1.29. The first kappa shape index (κ1) is 19.3. The Morgan fingerprint density at radius 2 is 1.97 bits per heavy atom. The van der Waals surface area contributed by atoms with Crippen LogP contribution in [0.5, 0.6) is 11.5 Å². The molecular weight excluding hydrogens is 405 g/mol. The van der Waals surface area contributed by atoms with E-state index >= 15 is 0 Å². The molecule has 1 amide bonds. The van der Waals surface area contributed by atoms with Crippen LogP contribution in [-0.2, 0) is 5.54 Å². The SMILES string of the molecule is O=C(N[C@]1(c2ccc(OC(F)(F)F)cc2)CCOc2cccnc21)c1cccs1. The van der Waals surface area contributed by atoms with Gasteiger partial charge in [0.05, 0.1) is 11.5 Å². The fourth-order valence-corrected chi connectivity index (χ4v) is 3.96. The van der Waals surface area contributed by atoms with Gasteiger partial charge in [0.2, 0.25) is 0 Å². The van der Waals surface area contributed by atoms with Crippen molar-refractivity contribution in [3.8, 4) is 11.5 Å². The molecule has 0 radical (unpaired) electrons. The van der Waals surface area contributed by atoms with Crippen LogP contribution >= 0.6 is 11.3 Å². The Morgan fingerprint density at radius 3 is 2.66 bits per heavy atom. The molecule has 1 aliphatic rings. The number of nitrogens with zero attached hydrogens (tertiary/aromatic N) is 1. The van der Waals surface area contributed by atoms with Gasteiger partial charge in [-0.05, 0) is 41.3 Å². The summed E-state index contributed by atoms with van der Waals surface area (Å²) < 4.78 is 47.1. The number of rotatable bonds is 4. The van der Waals surface area contributed by atoms with Crippen LogP contribution in [0.3, 0.4) is 0 Å². The topological polar surface area (TPSA) is 60.5 Å². The lowest BCUT2D eigenvalue weighted by molar-refractivity contribution is -0.274. The Hall–Kier alpha value is -3.07. The van der Waals surface area contributed by atoms with Gasteiger partial charge in [0.25, 0.3) is 5.91 Å². The third-order valence-electron chi connectivity index (χ3n) is 4.56. The van der Waals surface area contributed by atoms with Gasteiger partial charge in [0, 0.05) is 12.6 Å². The number of hydrogen-bond acceptors (Lipinski definition) is 5. The van der Waals surface area contributed by atoms with Gasteiger partial charge in [-0.25, -0.2) is 0 Å². The summed E-state index contributed by atoms with van der Waals surface area (Å²) in [7, 11) is 0. The highest BCUT2D eigenvalue weighted by Crippen LogP contribution is 2.41. The molecule has 0 saturated heterocycles. The maximum Gasteiger partial charge on any atom is 0.573 e. The van der Waals surface area contributed by atoms with E-state index in [0.717, 1.165) is 0 Å². The molecule has 9 heteroatoms. The minimum Gasteiger partial charge on any atom is -0.491 e. The largest absolute Gasteiger partial charge is 0.573 e. The summed E-state index contributed by atoms with van der Waals surface area (Å²) in [6, 6.07) is 12.4. The Balaban J connectivity index is 1.77. The van der Waals surface area contributed by atoms with Crippen LogP contribution in [-0.4, -0.2) is 23.9 Å². The van der Waals surface area contributed by atoms with Gasteiger partial charge in [0.15, 0.2) is 0 Å². The standard InChI is InChI=1S/C20H15F3N2O3S/c21-20(22,23)28-14-7-5-13(6-8-14)19(25-18(26)16-4-2-12-29-16)9-11-27-15-3-1-10-24-17(15)19/h1-8,10,12H,9,11H2,(H,25,26)/t19-/m0/s1. The Bertz CT molecular complexity index is 1010. The smallest absolute Gasteiger partial charge is 0.491 e. The van der Waals surface area contributed by atoms with Gasteiger partial charge < -0.3 is 14.8 Å². The number of ether oxygens (including phenoxy) is 2. The number of thiophene rings is 1. The van der Waals surface area contributed by atoms with Crippen molar-refractivity contribution in [2.75, 3.05) is 6.61 Å². The molecule has 1 aromatic carbocycles. The molecule has 3 aromatic rings. The number of nitrogens with one attached hydrogen (secondary N) is 1. The average Bonchev–Trinajstić information content (AvgIpc) is 3.22. The minimum absolute atomic E-state index is 0.297. The van der Waals surface area contributed by atoms with E-state index in [9.17, 15) is 18.0 Å². The summed E-state index contributed by atoms with van der Waals surface area (Å²) in [6.07, 6.45) is -2.83. The number of benzene rings is 1. The lowest BCUT2D eigenvalue weighted by Crippen LogP contribution is -2.50. The third-order valence-corrected chi connectivity index (χ3v) is 5.43. The first-order valence-corrected chi connectivity index (χ1v) is 9.56. The zero-order valence-corrected chi connectivity index (χ0v) is 15.7. The van der Waals surface area contributed by atoms with Crippen molar-refractivity contribution in [2.24, 2.45) is 0 Å². The van der Waals surface area contributed by atoms with Crippen LogP contribution < -0.4 is 14.8 Å². The molecule has 1 aliphatic heterocycles. The van der Waals surface area contributed by atoms with Gasteiger partial charge in [-0.15, -0.1) is 24.5 Å². The van der Waals surface area contributed by atoms with Crippen molar-refractivity contribution in [3.63, 3.8) is 0 Å². The van der Waals surface area contributed by atoms with Crippen molar-refractivity contribution in [3.05, 3.63) is 76.2 Å². The van der Waals surface area contributed by atoms with Gasteiger partial charge in [0.1, 0.15) is 22.7 Å². The summed E-state index contributed by atoms with van der Waals surface area (Å²) in [5, 5.41) is 4.83. The molecule has 0 bridgehead atoms. The Kier molecular flexibility index (Phi) is 4.91. The quantitative estimate of drug-likeness (QED) is 0.675. The molecule has 0 fully saturated rings. The fourth-order valence-electron chi connectivity index (χ4n) is 3.34. The van der Waals surface area contributed by atoms with Crippen molar-refractivity contribution < 1.29 is 27.4 Å². The molecule has 1 atom stereocenters. The summed E-state index contributed by atoms with van der Waals surface area (Å²) in [4.78, 5) is 17.8. The third kappa shape index (κ3) is 3.91. The lowest BCUT2D eigenvalue weighted by Gasteiger charge is -2.38. The van der Waals surface area contributed by atoms with E-state index < -0.39 is 11.9 Å². The molecule has 150 valence electrons. The van der Waals surface area contributed by atoms with Crippen LogP contribution in [0.4, 0.5) is 13.2 Å². The van der Waals surface area contributed by atoms with Gasteiger partial charge in [-0.3, -0.25) is 9.78 Å². The molecular formula is C20H15F3N2O3S. The minimum atomic E-state index is -4.78. The number of fused-ring (bicyclic) bond motifs is 1. The van der Waals surface area contributed by atoms with Crippen molar-refractivity contribution in [1.82, 2.24) is 10.3 Å². The molecule has 4 rings (SSSR count). The lowest BCUT2D eigenvalue weighted by atomic mass is 9.81. The molecule has 3 heterocycles. The monoisotopic (exact) mass is 420 g/mol. The summed E-state index contributed by atoms with van der Waals surface area (Å²) in [5.74, 6) is -0.121. The number of carbonyl (C=O) groups is 1. The molecule has 0 unspecified atom stereocenters. The zero-order chi connectivity index (χ0) is 20.5. The Labute approximate surface area is 168 Å². The molecule has 1 N–H and O–H groups in total. The van der Waals surface area contributed by atoms with E-state index in [1.807, 2.05) is 0 Å². The van der Waals surface area contributed by atoms with Crippen molar-refractivity contribution >= 4 is 17.2 Å². The molecule has 0 saturated carbocycles. The summed E-state index contributed by atoms with van der Waals surface area (Å²) in [5.41, 5.74) is 0.0352. The summed E-state index contributed by atoms with van der Waals surface area (Å²) in [6.45, 7) is 0.310. The number of halogens is 3. The number of hydrogen-bond donors (Lipinski definition) is 1. The predicted molar refractivity (Wildman–Crippen MR) is 100 cm³/mol. The van der Waals surface area contributed by atoms with Crippen molar-refractivity contribution in [2.45, 2.75) is 18.3 Å². The molecule has 0 aliphatic carbocycles. The highest BCUT2D eigenvalue weighted by atomic mass is 32.1. The first-order valence-electron chi connectivity index (χ1n) is 8.68. The van der Waals surface area contributed by atoms with E-state index in [0.29, 0.717) is 34.9 Å². The van der Waals surface area contributed by atoms with Gasteiger partial charge in [-0.2, -0.15) is 0 Å². The van der Waals surface area contributed by atoms with Crippen LogP contribution in [0.15, 0.2) is 60.1 Å². The van der Waals surface area contributed by atoms with Crippen LogP contribution in [0, 0.1) is 0 Å². The van der Waals surface area contributed by atoms with E-state index in [-0.39, 0.29) is 11.7 Å². The van der Waals surface area contributed by atoms with Gasteiger partial charge in [-0.1, -0.05) is 18.2 Å². The van der Waals surface area contributed by atoms with E-state index in [2.05, 4.69) is 15.0 Å². The molecule has 5 nitrogen and oxygen atoms in total. The first-order chi connectivity index (χ1) is 13.9. The van der Waals surface area contributed by atoms with E-state index in [1.165, 1.54) is 35.6 Å². The number of alkyl halides is 3. The highest BCUT2D eigenvalue weighted by Gasteiger charge is 2.43. The second-order valence-corrected chi connectivity index (χ2v) is 7.31. The van der Waals surface area contributed by atoms with Crippen LogP contribution in [0.1, 0.15) is 27.3 Å². The maximum absolute atomic E-state index is 12.9. The highest BCUT2D eigenvalue weighted by molar-refractivity contribution is 7.12.